The first-order valence-electron chi connectivity index (χ1n) is 9.81. The molecule has 0 unspecified atom stereocenters. The molecule has 0 aliphatic rings. The molecular weight excluding hydrogens is 352 g/mol. The van der Waals surface area contributed by atoms with Crippen LogP contribution in [0, 0.1) is 0 Å². The molecule has 3 aromatic rings. The van der Waals surface area contributed by atoms with Crippen molar-refractivity contribution in [3.8, 4) is 5.75 Å². The number of carbonyl (C=O) groups excluding carboxylic acids is 1. The lowest BCUT2D eigenvalue weighted by Crippen LogP contribution is -2.25. The van der Waals surface area contributed by atoms with Crippen molar-refractivity contribution in [1.29, 1.82) is 0 Å². The Bertz CT molecular complexity index is 959. The van der Waals surface area contributed by atoms with Crippen LogP contribution in [-0.2, 0) is 6.42 Å². The maximum absolute atomic E-state index is 12.9. The quantitative estimate of drug-likeness (QED) is 0.602. The average molecular weight is 380 g/mol. The molecule has 1 amide bonds. The molecule has 2 aromatic heterocycles. The van der Waals surface area contributed by atoms with Crippen molar-refractivity contribution in [3.63, 3.8) is 0 Å². The van der Waals surface area contributed by atoms with Crippen molar-refractivity contribution < 1.29 is 9.90 Å². The number of aryl methyl sites for hydroxylation is 1. The Morgan fingerprint density at radius 2 is 1.89 bits per heavy atom. The summed E-state index contributed by atoms with van der Waals surface area (Å²) in [5, 5.41) is 17.6. The van der Waals surface area contributed by atoms with Crippen molar-refractivity contribution >= 4 is 16.9 Å². The number of amides is 1. The number of carbonyl (C=O) groups is 1. The molecule has 28 heavy (non-hydrogen) atoms. The van der Waals surface area contributed by atoms with Crippen LogP contribution in [0.25, 0.3) is 11.0 Å². The van der Waals surface area contributed by atoms with Gasteiger partial charge < -0.3 is 10.4 Å². The van der Waals surface area contributed by atoms with E-state index in [1.54, 1.807) is 18.3 Å². The first kappa shape index (κ1) is 19.9. The second-order valence-electron chi connectivity index (χ2n) is 7.70. The van der Waals surface area contributed by atoms with Crippen molar-refractivity contribution in [1.82, 2.24) is 20.1 Å². The van der Waals surface area contributed by atoms with E-state index in [1.165, 1.54) is 0 Å². The van der Waals surface area contributed by atoms with Crippen LogP contribution in [0.15, 0.2) is 36.5 Å². The second-order valence-corrected chi connectivity index (χ2v) is 7.70. The van der Waals surface area contributed by atoms with Crippen molar-refractivity contribution in [3.05, 3.63) is 53.3 Å². The molecule has 0 bridgehead atoms. The highest BCUT2D eigenvalue weighted by Gasteiger charge is 2.18. The molecule has 1 aromatic carbocycles. The maximum Gasteiger partial charge on any atom is 0.252 e. The van der Waals surface area contributed by atoms with Crippen LogP contribution in [0.1, 0.15) is 67.7 Å². The zero-order chi connectivity index (χ0) is 20.3. The molecule has 2 heterocycles. The summed E-state index contributed by atoms with van der Waals surface area (Å²) in [5.41, 5.74) is 3.42. The summed E-state index contributed by atoms with van der Waals surface area (Å²) in [4.78, 5) is 17.6. The number of phenols is 1. The molecular formula is C22H28N4O2. The Labute approximate surface area is 165 Å². The molecule has 0 spiro atoms. The third-order valence-electron chi connectivity index (χ3n) is 4.78. The largest absolute Gasteiger partial charge is 0.508 e. The zero-order valence-corrected chi connectivity index (χ0v) is 16.9. The van der Waals surface area contributed by atoms with Gasteiger partial charge >= 0.3 is 0 Å². The summed E-state index contributed by atoms with van der Waals surface area (Å²) in [5.74, 6) is 0.394. The molecule has 6 nitrogen and oxygen atoms in total. The number of nitrogens with zero attached hydrogens (tertiary/aromatic N) is 3. The van der Waals surface area contributed by atoms with Gasteiger partial charge in [0.25, 0.3) is 5.91 Å². The fraction of sp³-hybridized carbons (Fsp3) is 0.409. The lowest BCUT2D eigenvalue weighted by molar-refractivity contribution is 0.0954. The minimum Gasteiger partial charge on any atom is -0.508 e. The first-order valence-corrected chi connectivity index (χ1v) is 9.81. The first-order chi connectivity index (χ1) is 13.4. The van der Waals surface area contributed by atoms with Crippen molar-refractivity contribution in [2.75, 3.05) is 6.54 Å². The number of hydrogen-bond acceptors (Lipinski definition) is 4. The van der Waals surface area contributed by atoms with E-state index in [0.717, 1.165) is 35.1 Å². The Balaban J connectivity index is 1.74. The van der Waals surface area contributed by atoms with E-state index < -0.39 is 0 Å². The molecule has 0 aliphatic carbocycles. The molecule has 148 valence electrons. The van der Waals surface area contributed by atoms with Gasteiger partial charge in [0.1, 0.15) is 5.75 Å². The van der Waals surface area contributed by atoms with E-state index in [1.807, 2.05) is 22.9 Å². The molecule has 2 N–H and O–H groups in total. The van der Waals surface area contributed by atoms with Crippen LogP contribution in [-0.4, -0.2) is 32.3 Å². The monoisotopic (exact) mass is 380 g/mol. The summed E-state index contributed by atoms with van der Waals surface area (Å²) in [6.45, 7) is 8.84. The zero-order valence-electron chi connectivity index (χ0n) is 16.9. The normalized spacial score (nSPS) is 11.5. The van der Waals surface area contributed by atoms with Crippen LogP contribution in [0.3, 0.4) is 0 Å². The van der Waals surface area contributed by atoms with Gasteiger partial charge in [0.05, 0.1) is 17.1 Å². The van der Waals surface area contributed by atoms with Crippen LogP contribution >= 0.6 is 0 Å². The van der Waals surface area contributed by atoms with Crippen LogP contribution in [0.5, 0.6) is 5.75 Å². The Morgan fingerprint density at radius 3 is 2.54 bits per heavy atom. The summed E-state index contributed by atoms with van der Waals surface area (Å²) in [6.07, 6.45) is 3.40. The third-order valence-corrected chi connectivity index (χ3v) is 4.78. The highest BCUT2D eigenvalue weighted by molar-refractivity contribution is 6.05. The van der Waals surface area contributed by atoms with E-state index in [2.05, 4.69) is 38.1 Å². The number of nitrogens with one attached hydrogen (secondary N) is 1. The van der Waals surface area contributed by atoms with E-state index in [4.69, 9.17) is 4.98 Å². The molecule has 0 saturated carbocycles. The standard InChI is InChI=1S/C22H28N4O2/c1-14(2)20-12-18(19-13-24-26(15(3)4)21(19)25-20)22(28)23-11-5-6-16-7-9-17(27)10-8-16/h7-10,12-15,27H,5-6,11H2,1-4H3,(H,23,28). The lowest BCUT2D eigenvalue weighted by Gasteiger charge is -2.12. The number of benzene rings is 1. The number of aromatic hydroxyl groups is 1. The van der Waals surface area contributed by atoms with Gasteiger partial charge in [-0.25, -0.2) is 9.67 Å². The van der Waals surface area contributed by atoms with Crippen LogP contribution in [0.2, 0.25) is 0 Å². The SMILES string of the molecule is CC(C)c1cc(C(=O)NCCCc2ccc(O)cc2)c2cnn(C(C)C)c2n1. The minimum absolute atomic E-state index is 0.0942. The topological polar surface area (TPSA) is 80.0 Å². The Morgan fingerprint density at radius 1 is 1.18 bits per heavy atom. The molecule has 6 heteroatoms. The highest BCUT2D eigenvalue weighted by Crippen LogP contribution is 2.24. The van der Waals surface area contributed by atoms with Gasteiger partial charge in [0, 0.05) is 18.3 Å². The summed E-state index contributed by atoms with van der Waals surface area (Å²) >= 11 is 0. The fourth-order valence-electron chi connectivity index (χ4n) is 3.15. The Hall–Kier alpha value is -2.89. The third kappa shape index (κ3) is 4.32. The van der Waals surface area contributed by atoms with E-state index >= 15 is 0 Å². The molecule has 0 aliphatic heterocycles. The van der Waals surface area contributed by atoms with Crippen LogP contribution < -0.4 is 5.32 Å². The molecule has 0 saturated heterocycles. The van der Waals surface area contributed by atoms with E-state index in [9.17, 15) is 9.90 Å². The molecule has 0 fully saturated rings. The predicted octanol–water partition coefficient (Wildman–Crippen LogP) is 4.20. The summed E-state index contributed by atoms with van der Waals surface area (Å²) < 4.78 is 1.86. The van der Waals surface area contributed by atoms with Gasteiger partial charge in [-0.15, -0.1) is 0 Å². The molecule has 0 atom stereocenters. The number of rotatable bonds is 7. The fourth-order valence-corrected chi connectivity index (χ4v) is 3.15. The average Bonchev–Trinajstić information content (AvgIpc) is 3.10. The number of pyridine rings is 1. The molecule has 0 radical (unpaired) electrons. The maximum atomic E-state index is 12.9. The van der Waals surface area contributed by atoms with Gasteiger partial charge in [-0.2, -0.15) is 5.10 Å². The van der Waals surface area contributed by atoms with Gasteiger partial charge in [-0.3, -0.25) is 4.79 Å². The number of hydrogen-bond donors (Lipinski definition) is 2. The number of fused-ring (bicyclic) bond motifs is 1. The van der Waals surface area contributed by atoms with Gasteiger partial charge in [0.2, 0.25) is 0 Å². The van der Waals surface area contributed by atoms with Gasteiger partial charge in [-0.05, 0) is 56.4 Å². The summed E-state index contributed by atoms with van der Waals surface area (Å²) in [6, 6.07) is 9.23. The minimum atomic E-state index is -0.0942. The van der Waals surface area contributed by atoms with Crippen molar-refractivity contribution in [2.45, 2.75) is 52.5 Å². The van der Waals surface area contributed by atoms with Gasteiger partial charge in [-0.1, -0.05) is 26.0 Å². The summed E-state index contributed by atoms with van der Waals surface area (Å²) in [7, 11) is 0. The second kappa shape index (κ2) is 8.42. The van der Waals surface area contributed by atoms with E-state index in [0.29, 0.717) is 12.1 Å². The van der Waals surface area contributed by atoms with Gasteiger partial charge in [0.15, 0.2) is 5.65 Å². The predicted molar refractivity (Wildman–Crippen MR) is 111 cm³/mol. The molecule has 3 rings (SSSR count). The number of aromatic nitrogens is 3. The Kier molecular flexibility index (Phi) is 5.97. The lowest BCUT2D eigenvalue weighted by atomic mass is 10.0. The smallest absolute Gasteiger partial charge is 0.252 e. The van der Waals surface area contributed by atoms with E-state index in [-0.39, 0.29) is 23.6 Å². The van der Waals surface area contributed by atoms with Crippen LogP contribution in [0.4, 0.5) is 0 Å². The van der Waals surface area contributed by atoms with Crippen molar-refractivity contribution in [2.24, 2.45) is 0 Å². The highest BCUT2D eigenvalue weighted by atomic mass is 16.3. The number of phenolic OH excluding ortho intramolecular Hbond substituents is 1.